The van der Waals surface area contributed by atoms with E-state index in [9.17, 15) is 4.39 Å². The van der Waals surface area contributed by atoms with Gasteiger partial charge in [0.1, 0.15) is 0 Å². The number of hydrogen-bond acceptors (Lipinski definition) is 3. The van der Waals surface area contributed by atoms with Gasteiger partial charge in [0.2, 0.25) is 0 Å². The Balaban J connectivity index is 1.86. The van der Waals surface area contributed by atoms with Crippen LogP contribution in [0, 0.1) is 22.6 Å². The number of nitriles is 1. The highest BCUT2D eigenvalue weighted by Gasteiger charge is 2.42. The lowest BCUT2D eigenvalue weighted by Gasteiger charge is -2.09. The smallest absolute Gasteiger partial charge is 0.165 e. The first-order valence-corrected chi connectivity index (χ1v) is 6.22. The number of halogens is 1. The average Bonchev–Trinajstić information content (AvgIpc) is 3.13. The number of hydrogen-bond donors (Lipinski definition) is 1. The summed E-state index contributed by atoms with van der Waals surface area (Å²) in [4.78, 5) is 0. The number of rotatable bonds is 6. The van der Waals surface area contributed by atoms with Gasteiger partial charge in [-0.1, -0.05) is 6.07 Å². The number of nitrogens with zero attached hydrogens (tertiary/aromatic N) is 1. The molecule has 1 fully saturated rings. The summed E-state index contributed by atoms with van der Waals surface area (Å²) in [6.45, 7) is 3.54. The summed E-state index contributed by atoms with van der Waals surface area (Å²) in [5, 5.41) is 12.1. The summed E-state index contributed by atoms with van der Waals surface area (Å²) in [5.74, 6) is -0.0468. The first-order chi connectivity index (χ1) is 8.69. The maximum atomic E-state index is 13.6. The first kappa shape index (κ1) is 12.8. The van der Waals surface area contributed by atoms with Crippen molar-refractivity contribution in [2.75, 3.05) is 13.2 Å². The topological polar surface area (TPSA) is 45.0 Å². The highest BCUT2D eigenvalue weighted by molar-refractivity contribution is 5.29. The van der Waals surface area contributed by atoms with Gasteiger partial charge in [-0.3, -0.25) is 0 Å². The van der Waals surface area contributed by atoms with E-state index in [1.54, 1.807) is 6.07 Å². The second kappa shape index (κ2) is 5.36. The Bertz CT molecular complexity index is 463. The summed E-state index contributed by atoms with van der Waals surface area (Å²) < 4.78 is 18.7. The van der Waals surface area contributed by atoms with Crippen LogP contribution in [0.4, 0.5) is 4.39 Å². The molecule has 0 radical (unpaired) electrons. The van der Waals surface area contributed by atoms with Gasteiger partial charge < -0.3 is 10.1 Å². The average molecular weight is 248 g/mol. The molecule has 0 atom stereocenters. The molecule has 0 unspecified atom stereocenters. The highest BCUT2D eigenvalue weighted by atomic mass is 19.1. The van der Waals surface area contributed by atoms with E-state index in [-0.39, 0.29) is 17.0 Å². The van der Waals surface area contributed by atoms with Crippen LogP contribution in [0.1, 0.15) is 25.3 Å². The molecule has 1 aliphatic carbocycles. The Morgan fingerprint density at radius 3 is 2.83 bits per heavy atom. The van der Waals surface area contributed by atoms with E-state index in [4.69, 9.17) is 10.00 Å². The Kier molecular flexibility index (Phi) is 3.83. The molecule has 2 rings (SSSR count). The van der Waals surface area contributed by atoms with E-state index < -0.39 is 0 Å². The molecule has 0 amide bonds. The van der Waals surface area contributed by atoms with E-state index in [0.29, 0.717) is 19.7 Å². The largest absolute Gasteiger partial charge is 0.491 e. The summed E-state index contributed by atoms with van der Waals surface area (Å²) in [7, 11) is 0. The van der Waals surface area contributed by atoms with Crippen molar-refractivity contribution in [3.63, 3.8) is 0 Å². The standard InChI is InChI=1S/C14H17FN2O/c1-2-18-13-4-3-11(7-12(13)15)8-17-10-14(9-16)5-6-14/h3-4,7,17H,2,5-6,8,10H2,1H3. The number of ether oxygens (including phenoxy) is 1. The zero-order chi connectivity index (χ0) is 13.0. The third kappa shape index (κ3) is 2.99. The third-order valence-electron chi connectivity index (χ3n) is 3.18. The Morgan fingerprint density at radius 1 is 1.50 bits per heavy atom. The van der Waals surface area contributed by atoms with Crippen molar-refractivity contribution < 1.29 is 9.13 Å². The molecule has 0 aromatic heterocycles. The molecule has 1 aliphatic rings. The zero-order valence-corrected chi connectivity index (χ0v) is 10.5. The fourth-order valence-corrected chi connectivity index (χ4v) is 1.85. The molecule has 96 valence electrons. The van der Waals surface area contributed by atoms with Crippen molar-refractivity contribution in [2.45, 2.75) is 26.3 Å². The molecule has 1 N–H and O–H groups in total. The molecule has 0 saturated heterocycles. The van der Waals surface area contributed by atoms with Crippen LogP contribution in [0.5, 0.6) is 5.75 Å². The molecule has 18 heavy (non-hydrogen) atoms. The Labute approximate surface area is 107 Å². The molecule has 0 heterocycles. The minimum Gasteiger partial charge on any atom is -0.491 e. The fraction of sp³-hybridized carbons (Fsp3) is 0.500. The summed E-state index contributed by atoms with van der Waals surface area (Å²) >= 11 is 0. The van der Waals surface area contributed by atoms with Gasteiger partial charge in [-0.25, -0.2) is 4.39 Å². The van der Waals surface area contributed by atoms with Crippen LogP contribution in [0.2, 0.25) is 0 Å². The predicted octanol–water partition coefficient (Wildman–Crippen LogP) is 2.62. The van der Waals surface area contributed by atoms with Gasteiger partial charge in [0.25, 0.3) is 0 Å². The van der Waals surface area contributed by atoms with E-state index in [1.165, 1.54) is 6.07 Å². The van der Waals surface area contributed by atoms with Crippen LogP contribution < -0.4 is 10.1 Å². The van der Waals surface area contributed by atoms with Crippen molar-refractivity contribution >= 4 is 0 Å². The van der Waals surface area contributed by atoms with Crippen molar-refractivity contribution in [3.05, 3.63) is 29.6 Å². The normalized spacial score (nSPS) is 16.1. The molecule has 1 aromatic carbocycles. The molecule has 4 heteroatoms. The SMILES string of the molecule is CCOc1ccc(CNCC2(C#N)CC2)cc1F. The number of nitrogens with one attached hydrogen (secondary N) is 1. The summed E-state index contributed by atoms with van der Waals surface area (Å²) in [6, 6.07) is 7.28. The number of benzene rings is 1. The molecule has 0 bridgehead atoms. The highest BCUT2D eigenvalue weighted by Crippen LogP contribution is 2.44. The van der Waals surface area contributed by atoms with E-state index in [1.807, 2.05) is 13.0 Å². The lowest BCUT2D eigenvalue weighted by molar-refractivity contribution is 0.321. The monoisotopic (exact) mass is 248 g/mol. The predicted molar refractivity (Wildman–Crippen MR) is 66.6 cm³/mol. The molecule has 3 nitrogen and oxygen atoms in total. The van der Waals surface area contributed by atoms with E-state index in [0.717, 1.165) is 18.4 Å². The van der Waals surface area contributed by atoms with E-state index >= 15 is 0 Å². The third-order valence-corrected chi connectivity index (χ3v) is 3.18. The summed E-state index contributed by atoms with van der Waals surface area (Å²) in [5.41, 5.74) is 0.703. The van der Waals surface area contributed by atoms with Gasteiger partial charge in [0.05, 0.1) is 18.1 Å². The first-order valence-electron chi connectivity index (χ1n) is 6.22. The van der Waals surface area contributed by atoms with Crippen molar-refractivity contribution in [1.82, 2.24) is 5.32 Å². The maximum Gasteiger partial charge on any atom is 0.165 e. The van der Waals surface area contributed by atoms with Gasteiger partial charge >= 0.3 is 0 Å². The zero-order valence-electron chi connectivity index (χ0n) is 10.5. The lowest BCUT2D eigenvalue weighted by atomic mass is 10.1. The van der Waals surface area contributed by atoms with Gasteiger partial charge in [0, 0.05) is 13.1 Å². The van der Waals surface area contributed by atoms with Crippen LogP contribution in [0.25, 0.3) is 0 Å². The fourth-order valence-electron chi connectivity index (χ4n) is 1.85. The van der Waals surface area contributed by atoms with Gasteiger partial charge in [0.15, 0.2) is 11.6 Å². The van der Waals surface area contributed by atoms with Crippen LogP contribution in [-0.2, 0) is 6.54 Å². The minimum absolute atomic E-state index is 0.163. The van der Waals surface area contributed by atoms with Crippen LogP contribution in [0.15, 0.2) is 18.2 Å². The summed E-state index contributed by atoms with van der Waals surface area (Å²) in [6.07, 6.45) is 1.93. The second-order valence-corrected chi connectivity index (χ2v) is 4.69. The van der Waals surface area contributed by atoms with Crippen LogP contribution in [-0.4, -0.2) is 13.2 Å². The molecule has 1 aromatic rings. The van der Waals surface area contributed by atoms with Crippen molar-refractivity contribution in [2.24, 2.45) is 5.41 Å². The molecular weight excluding hydrogens is 231 g/mol. The van der Waals surface area contributed by atoms with Gasteiger partial charge in [-0.15, -0.1) is 0 Å². The van der Waals surface area contributed by atoms with Gasteiger partial charge in [-0.05, 0) is 37.5 Å². The van der Waals surface area contributed by atoms with Gasteiger partial charge in [-0.2, -0.15) is 5.26 Å². The van der Waals surface area contributed by atoms with Crippen molar-refractivity contribution in [1.29, 1.82) is 5.26 Å². The Hall–Kier alpha value is -1.60. The minimum atomic E-state index is -0.336. The quantitative estimate of drug-likeness (QED) is 0.841. The van der Waals surface area contributed by atoms with E-state index in [2.05, 4.69) is 11.4 Å². The maximum absolute atomic E-state index is 13.6. The molecule has 0 aliphatic heterocycles. The second-order valence-electron chi connectivity index (χ2n) is 4.69. The lowest BCUT2D eigenvalue weighted by Crippen LogP contribution is -2.22. The van der Waals surface area contributed by atoms with Crippen molar-refractivity contribution in [3.8, 4) is 11.8 Å². The van der Waals surface area contributed by atoms with Crippen LogP contribution in [0.3, 0.4) is 0 Å². The van der Waals surface area contributed by atoms with Crippen LogP contribution >= 0.6 is 0 Å². The Morgan fingerprint density at radius 2 is 2.28 bits per heavy atom. The molecule has 0 spiro atoms. The molecular formula is C14H17FN2O. The molecule has 1 saturated carbocycles.